The van der Waals surface area contributed by atoms with E-state index in [1.807, 2.05) is 18.7 Å². The van der Waals surface area contributed by atoms with E-state index in [1.54, 1.807) is 0 Å². The number of aliphatic hydroxyl groups is 1. The molecule has 0 unspecified atom stereocenters. The highest BCUT2D eigenvalue weighted by molar-refractivity contribution is 5.89. The lowest BCUT2D eigenvalue weighted by Crippen LogP contribution is -2.44. The van der Waals surface area contributed by atoms with Crippen molar-refractivity contribution in [3.63, 3.8) is 0 Å². The lowest BCUT2D eigenvalue weighted by Gasteiger charge is -2.33. The largest absolute Gasteiger partial charge is 0.396 e. The minimum atomic E-state index is -0.234. The van der Waals surface area contributed by atoms with Crippen molar-refractivity contribution in [3.05, 3.63) is 0 Å². The Morgan fingerprint density at radius 2 is 1.96 bits per heavy atom. The van der Waals surface area contributed by atoms with Crippen LogP contribution < -0.4 is 5.32 Å². The zero-order valence-electron chi connectivity index (χ0n) is 14.8. The van der Waals surface area contributed by atoms with Gasteiger partial charge in [0.1, 0.15) is 0 Å². The fraction of sp³-hybridized carbons (Fsp3) is 0.889. The first-order valence-electron chi connectivity index (χ1n) is 9.13. The summed E-state index contributed by atoms with van der Waals surface area (Å²) in [6.45, 7) is 6.98. The van der Waals surface area contributed by atoms with Gasteiger partial charge < -0.3 is 15.3 Å². The molecule has 0 aromatic heterocycles. The predicted octanol–water partition coefficient (Wildman–Crippen LogP) is 1.94. The van der Waals surface area contributed by atoms with Gasteiger partial charge in [-0.2, -0.15) is 0 Å². The molecule has 5 heteroatoms. The summed E-state index contributed by atoms with van der Waals surface area (Å²) >= 11 is 0. The summed E-state index contributed by atoms with van der Waals surface area (Å²) in [6, 6.07) is 0.307. The Hall–Kier alpha value is -1.10. The molecule has 2 fully saturated rings. The number of likely N-dealkylation sites (tertiary alicyclic amines) is 1. The van der Waals surface area contributed by atoms with Gasteiger partial charge in [-0.3, -0.25) is 9.59 Å². The second kappa shape index (κ2) is 8.13. The zero-order chi connectivity index (χ0) is 17.0. The molecule has 0 aromatic rings. The van der Waals surface area contributed by atoms with Gasteiger partial charge in [-0.1, -0.05) is 20.8 Å². The highest BCUT2D eigenvalue weighted by atomic mass is 16.3. The predicted molar refractivity (Wildman–Crippen MR) is 89.7 cm³/mol. The van der Waals surface area contributed by atoms with Gasteiger partial charge in [0.15, 0.2) is 0 Å². The summed E-state index contributed by atoms with van der Waals surface area (Å²) in [6.07, 6.45) is 5.39. The van der Waals surface area contributed by atoms with Crippen LogP contribution in [-0.4, -0.2) is 47.1 Å². The molecule has 2 rings (SSSR count). The smallest absolute Gasteiger partial charge is 0.225 e. The number of nitrogens with zero attached hydrogens (tertiary/aromatic N) is 1. The van der Waals surface area contributed by atoms with Gasteiger partial charge in [0, 0.05) is 31.7 Å². The highest BCUT2D eigenvalue weighted by Crippen LogP contribution is 2.31. The van der Waals surface area contributed by atoms with Crippen molar-refractivity contribution in [1.29, 1.82) is 0 Å². The molecule has 5 nitrogen and oxygen atoms in total. The number of hydrogen-bond acceptors (Lipinski definition) is 3. The number of rotatable bonds is 6. The monoisotopic (exact) mass is 324 g/mol. The summed E-state index contributed by atoms with van der Waals surface area (Å²) in [5.41, 5.74) is 0. The topological polar surface area (TPSA) is 69.6 Å². The summed E-state index contributed by atoms with van der Waals surface area (Å²) in [5.74, 6) is 0.902. The highest BCUT2D eigenvalue weighted by Gasteiger charge is 2.39. The minimum Gasteiger partial charge on any atom is -0.396 e. The number of hydrogen-bond donors (Lipinski definition) is 2. The first-order chi connectivity index (χ1) is 10.9. The zero-order valence-corrected chi connectivity index (χ0v) is 14.8. The van der Waals surface area contributed by atoms with Crippen LogP contribution in [0, 0.1) is 17.8 Å². The Morgan fingerprint density at radius 3 is 2.52 bits per heavy atom. The molecule has 1 saturated heterocycles. The minimum absolute atomic E-state index is 0.0211. The van der Waals surface area contributed by atoms with Crippen LogP contribution in [0.2, 0.25) is 0 Å². The number of nitrogens with one attached hydrogen (secondary N) is 1. The van der Waals surface area contributed by atoms with E-state index in [9.17, 15) is 9.59 Å². The molecule has 1 aliphatic heterocycles. The molecule has 0 radical (unpaired) electrons. The summed E-state index contributed by atoms with van der Waals surface area (Å²) in [5, 5.41) is 12.2. The molecule has 1 saturated carbocycles. The fourth-order valence-corrected chi connectivity index (χ4v) is 3.83. The van der Waals surface area contributed by atoms with Crippen molar-refractivity contribution in [2.45, 2.75) is 71.4 Å². The Morgan fingerprint density at radius 1 is 1.30 bits per heavy atom. The van der Waals surface area contributed by atoms with Gasteiger partial charge in [-0.25, -0.2) is 0 Å². The van der Waals surface area contributed by atoms with Crippen LogP contribution >= 0.6 is 0 Å². The fourth-order valence-electron chi connectivity index (χ4n) is 3.83. The van der Waals surface area contributed by atoms with E-state index in [0.717, 1.165) is 18.8 Å². The third kappa shape index (κ3) is 4.69. The second-order valence-corrected chi connectivity index (χ2v) is 7.73. The van der Waals surface area contributed by atoms with Crippen molar-refractivity contribution < 1.29 is 14.7 Å². The van der Waals surface area contributed by atoms with Crippen LogP contribution in [0.5, 0.6) is 0 Å². The van der Waals surface area contributed by atoms with E-state index in [1.165, 1.54) is 12.8 Å². The van der Waals surface area contributed by atoms with Crippen molar-refractivity contribution in [1.82, 2.24) is 10.2 Å². The third-order valence-electron chi connectivity index (χ3n) is 5.53. The third-order valence-corrected chi connectivity index (χ3v) is 5.53. The van der Waals surface area contributed by atoms with E-state index >= 15 is 0 Å². The van der Waals surface area contributed by atoms with Crippen LogP contribution in [0.1, 0.15) is 59.3 Å². The average molecular weight is 324 g/mol. The Labute approximate surface area is 139 Å². The van der Waals surface area contributed by atoms with Crippen molar-refractivity contribution in [3.8, 4) is 0 Å². The van der Waals surface area contributed by atoms with E-state index < -0.39 is 0 Å². The van der Waals surface area contributed by atoms with Crippen LogP contribution in [0.4, 0.5) is 0 Å². The molecule has 23 heavy (non-hydrogen) atoms. The Kier molecular flexibility index (Phi) is 6.45. The first kappa shape index (κ1) is 18.2. The van der Waals surface area contributed by atoms with Crippen molar-refractivity contribution in [2.24, 2.45) is 17.8 Å². The van der Waals surface area contributed by atoms with Gasteiger partial charge in [0.25, 0.3) is 0 Å². The van der Waals surface area contributed by atoms with Crippen LogP contribution in [-0.2, 0) is 9.59 Å². The van der Waals surface area contributed by atoms with Crippen molar-refractivity contribution >= 4 is 11.8 Å². The lowest BCUT2D eigenvalue weighted by atomic mass is 9.86. The van der Waals surface area contributed by atoms with Gasteiger partial charge in [-0.15, -0.1) is 0 Å². The molecule has 2 aliphatic rings. The maximum Gasteiger partial charge on any atom is 0.225 e. The molecule has 0 spiro atoms. The number of carbonyl (C=O) groups is 2. The molecule has 0 bridgehead atoms. The summed E-state index contributed by atoms with van der Waals surface area (Å²) < 4.78 is 0. The van der Waals surface area contributed by atoms with E-state index in [2.05, 4.69) is 12.2 Å². The Bertz CT molecular complexity index is 416. The molecular formula is C18H32N2O3. The average Bonchev–Trinajstić information content (AvgIpc) is 2.89. The number of aliphatic hydroxyl groups excluding tert-OH is 1. The molecule has 2 atom stereocenters. The van der Waals surface area contributed by atoms with Gasteiger partial charge in [-0.05, 0) is 43.9 Å². The van der Waals surface area contributed by atoms with Crippen LogP contribution in [0.15, 0.2) is 0 Å². The van der Waals surface area contributed by atoms with Crippen LogP contribution in [0.3, 0.4) is 0 Å². The SMILES string of the molecule is CC1CCC(N2C[C@@H](C(=O)N[C@H](CCO)C(C)C)CC2=O)CC1. The van der Waals surface area contributed by atoms with Gasteiger partial charge in [0.2, 0.25) is 11.8 Å². The molecule has 1 aliphatic carbocycles. The van der Waals surface area contributed by atoms with E-state index in [0.29, 0.717) is 25.4 Å². The maximum absolute atomic E-state index is 12.5. The molecular weight excluding hydrogens is 292 g/mol. The molecule has 2 N–H and O–H groups in total. The van der Waals surface area contributed by atoms with E-state index in [4.69, 9.17) is 5.11 Å². The van der Waals surface area contributed by atoms with Gasteiger partial charge in [0.05, 0.1) is 5.92 Å². The molecule has 1 heterocycles. The first-order valence-corrected chi connectivity index (χ1v) is 9.13. The Balaban J connectivity index is 1.89. The van der Waals surface area contributed by atoms with Crippen molar-refractivity contribution in [2.75, 3.05) is 13.2 Å². The maximum atomic E-state index is 12.5. The molecule has 132 valence electrons. The standard InChI is InChI=1S/C18H32N2O3/c1-12(2)16(8-9-21)19-18(23)14-10-17(22)20(11-14)15-6-4-13(3)5-7-15/h12-16,21H,4-11H2,1-3H3,(H,19,23)/t13?,14-,15?,16+/m0/s1. The second-order valence-electron chi connectivity index (χ2n) is 7.73. The molecule has 2 amide bonds. The summed E-state index contributed by atoms with van der Waals surface area (Å²) in [7, 11) is 0. The quantitative estimate of drug-likeness (QED) is 0.784. The normalized spacial score (nSPS) is 29.9. The molecule has 0 aromatic carbocycles. The van der Waals surface area contributed by atoms with E-state index in [-0.39, 0.29) is 36.3 Å². The number of amides is 2. The van der Waals surface area contributed by atoms with Gasteiger partial charge >= 0.3 is 0 Å². The number of carbonyl (C=O) groups excluding carboxylic acids is 2. The lowest BCUT2D eigenvalue weighted by molar-refractivity contribution is -0.131. The van der Waals surface area contributed by atoms with Crippen LogP contribution in [0.25, 0.3) is 0 Å². The summed E-state index contributed by atoms with van der Waals surface area (Å²) in [4.78, 5) is 26.8.